The molecule has 120 valence electrons. The first-order valence-corrected chi connectivity index (χ1v) is 6.76. The fraction of sp³-hybridized carbons (Fsp3) is 0.750. The standard InChI is InChI=1S/C12H21N3O6/c13-7(10(16)17)1-4-14-8(11(18)19)2-5-15-6-3-9(15)12(20)21/h7-9,14H,1-6,13H2,(H,16,17)(H,18,19)(H,20,21)/p-2. The summed E-state index contributed by atoms with van der Waals surface area (Å²) in [6.07, 6.45) is 0.803. The molecule has 0 aromatic heterocycles. The van der Waals surface area contributed by atoms with Gasteiger partial charge in [-0.3, -0.25) is 4.90 Å². The highest BCUT2D eigenvalue weighted by atomic mass is 16.4. The molecule has 3 atom stereocenters. The molecule has 0 aliphatic carbocycles. The number of likely N-dealkylation sites (tertiary alicyclic amines) is 1. The zero-order chi connectivity index (χ0) is 16.0. The van der Waals surface area contributed by atoms with Crippen LogP contribution in [0.4, 0.5) is 0 Å². The molecule has 1 aliphatic rings. The van der Waals surface area contributed by atoms with Crippen LogP contribution in [-0.4, -0.2) is 60.6 Å². The maximum absolute atomic E-state index is 11.0. The molecule has 1 saturated heterocycles. The van der Waals surface area contributed by atoms with Crippen LogP contribution in [0.1, 0.15) is 19.3 Å². The number of rotatable bonds is 10. The van der Waals surface area contributed by atoms with Gasteiger partial charge in [-0.1, -0.05) is 0 Å². The number of carbonyl (C=O) groups is 3. The monoisotopic (exact) mass is 301 g/mol. The van der Waals surface area contributed by atoms with Crippen molar-refractivity contribution in [3.05, 3.63) is 0 Å². The Morgan fingerprint density at radius 2 is 1.86 bits per heavy atom. The lowest BCUT2D eigenvalue weighted by Gasteiger charge is -2.42. The molecule has 1 fully saturated rings. The summed E-state index contributed by atoms with van der Waals surface area (Å²) in [6.45, 7) is 1.02. The summed E-state index contributed by atoms with van der Waals surface area (Å²) in [7, 11) is 0. The minimum Gasteiger partial charge on any atom is -0.548 e. The molecule has 0 saturated carbocycles. The Morgan fingerprint density at radius 3 is 2.29 bits per heavy atom. The number of carbonyl (C=O) groups excluding carboxylic acids is 3. The molecule has 0 aromatic rings. The summed E-state index contributed by atoms with van der Waals surface area (Å²) in [5.41, 5.74) is 3.36. The summed E-state index contributed by atoms with van der Waals surface area (Å²) in [5.74, 6) is -3.76. The van der Waals surface area contributed by atoms with Crippen LogP contribution in [0.15, 0.2) is 0 Å². The highest BCUT2D eigenvalue weighted by Gasteiger charge is 2.29. The van der Waals surface area contributed by atoms with Crippen molar-refractivity contribution < 1.29 is 35.4 Å². The predicted octanol–water partition coefficient (Wildman–Crippen LogP) is -6.34. The van der Waals surface area contributed by atoms with Crippen molar-refractivity contribution >= 4 is 17.9 Å². The van der Waals surface area contributed by atoms with Crippen molar-refractivity contribution in [1.82, 2.24) is 10.2 Å². The third-order valence-electron chi connectivity index (χ3n) is 3.61. The van der Waals surface area contributed by atoms with E-state index in [1.807, 2.05) is 0 Å². The summed E-state index contributed by atoms with van der Waals surface area (Å²) in [5, 5.41) is 34.8. The molecule has 0 spiro atoms. The second-order valence-electron chi connectivity index (χ2n) is 5.08. The first kappa shape index (κ1) is 17.3. The fourth-order valence-corrected chi connectivity index (χ4v) is 2.12. The second kappa shape index (κ2) is 7.91. The summed E-state index contributed by atoms with van der Waals surface area (Å²) in [4.78, 5) is 33.8. The molecule has 0 aromatic carbocycles. The van der Waals surface area contributed by atoms with E-state index in [4.69, 9.17) is 0 Å². The molecule has 1 heterocycles. The lowest BCUT2D eigenvalue weighted by molar-refractivity contribution is -0.438. The quantitative estimate of drug-likeness (QED) is 0.402. The Labute approximate surface area is 121 Å². The summed E-state index contributed by atoms with van der Waals surface area (Å²) < 4.78 is 0. The van der Waals surface area contributed by atoms with E-state index in [9.17, 15) is 29.7 Å². The van der Waals surface area contributed by atoms with Gasteiger partial charge in [0.25, 0.3) is 0 Å². The van der Waals surface area contributed by atoms with Gasteiger partial charge in [-0.05, 0) is 12.8 Å². The molecular formula is C12H19N3O6-2. The van der Waals surface area contributed by atoms with Crippen LogP contribution in [0.2, 0.25) is 0 Å². The van der Waals surface area contributed by atoms with Crippen LogP contribution in [0.3, 0.4) is 0 Å². The van der Waals surface area contributed by atoms with Gasteiger partial charge in [0.15, 0.2) is 0 Å². The molecule has 0 radical (unpaired) electrons. The average Bonchev–Trinajstić information content (AvgIpc) is 2.34. The molecule has 1 aliphatic heterocycles. The largest absolute Gasteiger partial charge is 0.548 e. The van der Waals surface area contributed by atoms with Crippen LogP contribution >= 0.6 is 0 Å². The van der Waals surface area contributed by atoms with Crippen LogP contribution in [0.25, 0.3) is 0 Å². The molecule has 1 rings (SSSR count). The Hall–Kier alpha value is -1.71. The molecule has 9 nitrogen and oxygen atoms in total. The smallest absolute Gasteiger partial charge is 0.126 e. The van der Waals surface area contributed by atoms with E-state index < -0.39 is 36.0 Å². The molecule has 21 heavy (non-hydrogen) atoms. The van der Waals surface area contributed by atoms with Crippen molar-refractivity contribution in [3.8, 4) is 0 Å². The maximum atomic E-state index is 11.0. The van der Waals surface area contributed by atoms with Gasteiger partial charge in [-0.2, -0.15) is 0 Å². The second-order valence-corrected chi connectivity index (χ2v) is 5.08. The number of carboxylic acid groups (broad SMARTS) is 3. The first-order chi connectivity index (χ1) is 9.82. The van der Waals surface area contributed by atoms with Crippen molar-refractivity contribution in [1.29, 1.82) is 0 Å². The van der Waals surface area contributed by atoms with Crippen molar-refractivity contribution in [2.75, 3.05) is 19.6 Å². The number of hydrogen-bond donors (Lipinski definition) is 2. The predicted molar refractivity (Wildman–Crippen MR) is 62.7 cm³/mol. The Bertz CT molecular complexity index is 402. The van der Waals surface area contributed by atoms with Gasteiger partial charge >= 0.3 is 0 Å². The number of carboxylic acids is 3. The van der Waals surface area contributed by atoms with Crippen LogP contribution in [0.5, 0.6) is 0 Å². The number of quaternary nitrogens is 1. The van der Waals surface area contributed by atoms with E-state index in [0.717, 1.165) is 0 Å². The Morgan fingerprint density at radius 1 is 1.19 bits per heavy atom. The van der Waals surface area contributed by atoms with E-state index in [0.29, 0.717) is 19.5 Å². The van der Waals surface area contributed by atoms with Crippen LogP contribution < -0.4 is 26.4 Å². The number of hydrogen-bond acceptors (Lipinski definition) is 8. The van der Waals surface area contributed by atoms with Gasteiger partial charge in [-0.15, -0.1) is 0 Å². The summed E-state index contributed by atoms with van der Waals surface area (Å²) in [6, 6.07) is -2.55. The highest BCUT2D eigenvalue weighted by Crippen LogP contribution is 2.17. The van der Waals surface area contributed by atoms with E-state index >= 15 is 0 Å². The van der Waals surface area contributed by atoms with E-state index in [-0.39, 0.29) is 19.4 Å². The Kier molecular flexibility index (Phi) is 6.53. The molecular weight excluding hydrogens is 282 g/mol. The number of aliphatic carboxylic acids is 3. The van der Waals surface area contributed by atoms with E-state index in [1.54, 1.807) is 4.90 Å². The van der Waals surface area contributed by atoms with Gasteiger partial charge in [0, 0.05) is 32.1 Å². The summed E-state index contributed by atoms with van der Waals surface area (Å²) >= 11 is 0. The minimum absolute atomic E-state index is 0.136. The SMILES string of the molecule is [NH3+]C(CCNC(CCN1CCC1C(=O)[O-])C(=O)[O-])C(=O)[O-]. The van der Waals surface area contributed by atoms with E-state index in [1.165, 1.54) is 0 Å². The van der Waals surface area contributed by atoms with Crippen LogP contribution in [0, 0.1) is 0 Å². The lowest BCUT2D eigenvalue weighted by Crippen LogP contribution is -2.69. The fourth-order valence-electron chi connectivity index (χ4n) is 2.12. The first-order valence-electron chi connectivity index (χ1n) is 6.76. The van der Waals surface area contributed by atoms with Gasteiger partial charge in [-0.25, -0.2) is 0 Å². The molecule has 3 unspecified atom stereocenters. The maximum Gasteiger partial charge on any atom is 0.126 e. The van der Waals surface area contributed by atoms with Gasteiger partial charge in [0.2, 0.25) is 0 Å². The lowest BCUT2D eigenvalue weighted by atomic mass is 10.0. The third kappa shape index (κ3) is 5.29. The number of nitrogens with zero attached hydrogens (tertiary/aromatic N) is 1. The normalized spacial score (nSPS) is 21.3. The average molecular weight is 301 g/mol. The highest BCUT2D eigenvalue weighted by molar-refractivity contribution is 5.72. The third-order valence-corrected chi connectivity index (χ3v) is 3.61. The van der Waals surface area contributed by atoms with Gasteiger partial charge in [0.05, 0.1) is 23.9 Å². The zero-order valence-electron chi connectivity index (χ0n) is 11.6. The van der Waals surface area contributed by atoms with Gasteiger partial charge in [0.1, 0.15) is 6.04 Å². The molecule has 4 N–H and O–H groups in total. The molecule has 0 bridgehead atoms. The van der Waals surface area contributed by atoms with Gasteiger partial charge < -0.3 is 40.8 Å². The zero-order valence-corrected chi connectivity index (χ0v) is 11.6. The topological polar surface area (TPSA) is 163 Å². The van der Waals surface area contributed by atoms with Crippen molar-refractivity contribution in [3.63, 3.8) is 0 Å². The van der Waals surface area contributed by atoms with Crippen molar-refractivity contribution in [2.45, 2.75) is 37.4 Å². The molecule has 9 heteroatoms. The number of nitrogens with one attached hydrogen (secondary N) is 1. The van der Waals surface area contributed by atoms with E-state index in [2.05, 4.69) is 11.1 Å². The Balaban J connectivity index is 2.32. The molecule has 0 amide bonds. The minimum atomic E-state index is -1.31. The van der Waals surface area contributed by atoms with Crippen molar-refractivity contribution in [2.24, 2.45) is 0 Å². The van der Waals surface area contributed by atoms with Crippen LogP contribution in [-0.2, 0) is 14.4 Å².